The van der Waals surface area contributed by atoms with Gasteiger partial charge in [0.2, 0.25) is 6.29 Å². The van der Waals surface area contributed by atoms with Crippen LogP contribution in [-0.2, 0) is 14.3 Å². The van der Waals surface area contributed by atoms with Gasteiger partial charge >= 0.3 is 5.97 Å². The first kappa shape index (κ1) is 17.0. The van der Waals surface area contributed by atoms with Crippen LogP contribution in [0.4, 0.5) is 0 Å². The lowest BCUT2D eigenvalue weighted by molar-refractivity contribution is -0.229. The highest BCUT2D eigenvalue weighted by atomic mass is 16.7. The highest BCUT2D eigenvalue weighted by Gasteiger charge is 2.54. The van der Waals surface area contributed by atoms with Crippen molar-refractivity contribution in [2.24, 2.45) is 29.1 Å². The van der Waals surface area contributed by atoms with Crippen molar-refractivity contribution < 1.29 is 14.3 Å². The van der Waals surface area contributed by atoms with Crippen LogP contribution in [-0.4, -0.2) is 18.4 Å². The predicted molar refractivity (Wildman–Crippen MR) is 90.7 cm³/mol. The topological polar surface area (TPSA) is 35.5 Å². The third kappa shape index (κ3) is 3.35. The largest absolute Gasteiger partial charge is 0.432 e. The van der Waals surface area contributed by atoms with E-state index in [-0.39, 0.29) is 18.0 Å². The minimum absolute atomic E-state index is 0.148. The molecule has 0 N–H and O–H groups in total. The van der Waals surface area contributed by atoms with E-state index in [9.17, 15) is 4.79 Å². The summed E-state index contributed by atoms with van der Waals surface area (Å²) in [5, 5.41) is 0. The molecular weight excluding hydrogens is 288 g/mol. The van der Waals surface area contributed by atoms with Crippen LogP contribution in [0.5, 0.6) is 0 Å². The molecule has 4 fully saturated rings. The van der Waals surface area contributed by atoms with E-state index >= 15 is 0 Å². The van der Waals surface area contributed by atoms with Crippen molar-refractivity contribution in [1.29, 1.82) is 0 Å². The molecule has 0 aliphatic heterocycles. The molecule has 0 heterocycles. The summed E-state index contributed by atoms with van der Waals surface area (Å²) >= 11 is 0. The van der Waals surface area contributed by atoms with Crippen LogP contribution in [0.25, 0.3) is 0 Å². The van der Waals surface area contributed by atoms with Crippen LogP contribution in [0.1, 0.15) is 66.2 Å². The van der Waals surface area contributed by atoms with Gasteiger partial charge < -0.3 is 9.47 Å². The molecule has 3 nitrogen and oxygen atoms in total. The van der Waals surface area contributed by atoms with Crippen LogP contribution in [0, 0.1) is 29.1 Å². The lowest BCUT2D eigenvalue weighted by Crippen LogP contribution is -2.52. The molecule has 0 amide bonds. The Hall–Kier alpha value is -0.830. The molecule has 0 radical (unpaired) electrons. The summed E-state index contributed by atoms with van der Waals surface area (Å²) in [4.78, 5) is 11.9. The van der Waals surface area contributed by atoms with Gasteiger partial charge in [0.25, 0.3) is 0 Å². The Kier molecular flexibility index (Phi) is 4.61. The summed E-state index contributed by atoms with van der Waals surface area (Å²) in [6.07, 6.45) is 7.90. The van der Waals surface area contributed by atoms with Crippen LogP contribution in [0.15, 0.2) is 12.2 Å². The minimum atomic E-state index is -0.470. The van der Waals surface area contributed by atoms with E-state index in [4.69, 9.17) is 9.47 Å². The first-order chi connectivity index (χ1) is 10.8. The highest BCUT2D eigenvalue weighted by Crippen LogP contribution is 2.61. The molecule has 0 spiro atoms. The van der Waals surface area contributed by atoms with Crippen molar-refractivity contribution in [2.45, 2.75) is 78.6 Å². The molecule has 4 bridgehead atoms. The molecule has 23 heavy (non-hydrogen) atoms. The van der Waals surface area contributed by atoms with E-state index in [1.165, 1.54) is 38.5 Å². The fourth-order valence-electron chi connectivity index (χ4n) is 5.55. The molecule has 2 atom stereocenters. The number of hydrogen-bond donors (Lipinski definition) is 0. The Bertz CT molecular complexity index is 444. The molecule has 2 unspecified atom stereocenters. The average Bonchev–Trinajstić information content (AvgIpc) is 2.44. The van der Waals surface area contributed by atoms with Crippen molar-refractivity contribution >= 4 is 5.97 Å². The number of esters is 1. The third-order valence-corrected chi connectivity index (χ3v) is 6.40. The molecule has 3 heteroatoms. The van der Waals surface area contributed by atoms with Gasteiger partial charge in [0.1, 0.15) is 0 Å². The zero-order valence-corrected chi connectivity index (χ0v) is 15.1. The summed E-state index contributed by atoms with van der Waals surface area (Å²) in [7, 11) is 0. The normalized spacial score (nSPS) is 37.7. The number of rotatable bonds is 6. The van der Waals surface area contributed by atoms with Crippen molar-refractivity contribution in [2.75, 3.05) is 0 Å². The molecule has 0 aromatic carbocycles. The Morgan fingerprint density at radius 3 is 1.91 bits per heavy atom. The maximum atomic E-state index is 11.9. The van der Waals surface area contributed by atoms with E-state index in [1.807, 2.05) is 13.8 Å². The van der Waals surface area contributed by atoms with Gasteiger partial charge in [-0.25, -0.2) is 4.79 Å². The molecule has 4 aliphatic rings. The van der Waals surface area contributed by atoms with Crippen molar-refractivity contribution in [3.8, 4) is 0 Å². The molecule has 0 saturated heterocycles. The van der Waals surface area contributed by atoms with Gasteiger partial charge in [0, 0.05) is 11.5 Å². The van der Waals surface area contributed by atoms with E-state index in [2.05, 4.69) is 13.5 Å². The summed E-state index contributed by atoms with van der Waals surface area (Å²) in [6.45, 7) is 11.6. The fourth-order valence-corrected chi connectivity index (χ4v) is 5.55. The Balaban J connectivity index is 1.68. The number of ether oxygens (including phenoxy) is 2. The Morgan fingerprint density at radius 1 is 1.04 bits per heavy atom. The predicted octanol–water partition coefficient (Wildman–Crippen LogP) is 4.71. The summed E-state index contributed by atoms with van der Waals surface area (Å²) in [5.74, 6) is 2.52. The highest BCUT2D eigenvalue weighted by molar-refractivity contribution is 5.87. The zero-order chi connectivity index (χ0) is 16.8. The minimum Gasteiger partial charge on any atom is -0.432 e. The Labute approximate surface area is 140 Å². The lowest BCUT2D eigenvalue weighted by Gasteiger charge is -2.59. The van der Waals surface area contributed by atoms with Crippen LogP contribution < -0.4 is 0 Å². The smallest absolute Gasteiger partial charge is 0.335 e. The van der Waals surface area contributed by atoms with E-state index < -0.39 is 6.29 Å². The zero-order valence-electron chi connectivity index (χ0n) is 15.1. The number of hydrogen-bond acceptors (Lipinski definition) is 3. The van der Waals surface area contributed by atoms with Gasteiger partial charge in [0.15, 0.2) is 0 Å². The second-order valence-electron chi connectivity index (χ2n) is 8.86. The van der Waals surface area contributed by atoms with E-state index in [1.54, 1.807) is 6.92 Å². The second kappa shape index (κ2) is 6.23. The van der Waals surface area contributed by atoms with Crippen molar-refractivity contribution in [3.63, 3.8) is 0 Å². The monoisotopic (exact) mass is 320 g/mol. The molecular formula is C20H32O3. The summed E-state index contributed by atoms with van der Waals surface area (Å²) < 4.78 is 11.9. The maximum Gasteiger partial charge on any atom is 0.335 e. The molecule has 0 aromatic rings. The van der Waals surface area contributed by atoms with Gasteiger partial charge in [0.05, 0.1) is 6.10 Å². The average molecular weight is 320 g/mol. The van der Waals surface area contributed by atoms with Gasteiger partial charge in [-0.15, -0.1) is 0 Å². The van der Waals surface area contributed by atoms with Gasteiger partial charge in [-0.05, 0) is 75.5 Å². The van der Waals surface area contributed by atoms with Crippen LogP contribution >= 0.6 is 0 Å². The van der Waals surface area contributed by atoms with Gasteiger partial charge in [-0.3, -0.25) is 0 Å². The molecule has 4 aliphatic carbocycles. The first-order valence-electron chi connectivity index (χ1n) is 9.31. The SMILES string of the molecule is C=C(C)C(=O)OC(OC(C)C12CC3CC(CC(C3)C1)C2)C(C)C. The summed E-state index contributed by atoms with van der Waals surface area (Å²) in [5.41, 5.74) is 0.749. The molecule has 0 aromatic heterocycles. The summed E-state index contributed by atoms with van der Waals surface area (Å²) in [6, 6.07) is 0. The number of carbonyl (C=O) groups is 1. The first-order valence-corrected chi connectivity index (χ1v) is 9.31. The number of carbonyl (C=O) groups excluding carboxylic acids is 1. The third-order valence-electron chi connectivity index (χ3n) is 6.40. The second-order valence-corrected chi connectivity index (χ2v) is 8.86. The maximum absolute atomic E-state index is 11.9. The van der Waals surface area contributed by atoms with Gasteiger partial charge in [-0.2, -0.15) is 0 Å². The van der Waals surface area contributed by atoms with E-state index in [0.717, 1.165) is 17.8 Å². The van der Waals surface area contributed by atoms with Crippen LogP contribution in [0.2, 0.25) is 0 Å². The van der Waals surface area contributed by atoms with E-state index in [0.29, 0.717) is 11.0 Å². The lowest BCUT2D eigenvalue weighted by atomic mass is 9.48. The van der Waals surface area contributed by atoms with Gasteiger partial charge in [-0.1, -0.05) is 20.4 Å². The quantitative estimate of drug-likeness (QED) is 0.404. The van der Waals surface area contributed by atoms with Crippen molar-refractivity contribution in [3.05, 3.63) is 12.2 Å². The molecule has 4 rings (SSSR count). The fraction of sp³-hybridized carbons (Fsp3) is 0.850. The van der Waals surface area contributed by atoms with Crippen molar-refractivity contribution in [1.82, 2.24) is 0 Å². The van der Waals surface area contributed by atoms with Crippen LogP contribution in [0.3, 0.4) is 0 Å². The molecule has 4 saturated carbocycles. The standard InChI is InChI=1S/C20H32O3/c1-12(2)18(21)23-19(13(3)4)22-14(5)20-9-15-6-16(10-20)8-17(7-15)11-20/h13-17,19H,1,6-11H2,2-5H3. The Morgan fingerprint density at radius 2 is 1.52 bits per heavy atom. The molecule has 130 valence electrons.